The van der Waals surface area contributed by atoms with Gasteiger partial charge in [0.25, 0.3) is 0 Å². The van der Waals surface area contributed by atoms with Gasteiger partial charge in [-0.05, 0) is 13.0 Å². The molecule has 1 rings (SSSR count). The Morgan fingerprint density at radius 1 is 1.57 bits per heavy atom. The van der Waals surface area contributed by atoms with Gasteiger partial charge < -0.3 is 5.11 Å². The van der Waals surface area contributed by atoms with Crippen LogP contribution in [0.2, 0.25) is 10.0 Å². The molecular formula is C9H7Cl2FO2. The lowest BCUT2D eigenvalue weighted by atomic mass is 10.1. The minimum Gasteiger partial charge on any atom is -0.506 e. The molecule has 0 heterocycles. The Bertz CT molecular complexity index is 365. The highest BCUT2D eigenvalue weighted by molar-refractivity contribution is 6.35. The summed E-state index contributed by atoms with van der Waals surface area (Å²) in [6, 6.07) is 0.906. The lowest BCUT2D eigenvalue weighted by Crippen LogP contribution is -1.99. The van der Waals surface area contributed by atoms with Crippen LogP contribution in [-0.2, 0) is 11.2 Å². The molecule has 0 aliphatic heterocycles. The van der Waals surface area contributed by atoms with Gasteiger partial charge in [-0.25, -0.2) is 4.39 Å². The molecule has 0 aromatic heterocycles. The summed E-state index contributed by atoms with van der Waals surface area (Å²) in [7, 11) is 0. The van der Waals surface area contributed by atoms with Gasteiger partial charge in [-0.15, -0.1) is 0 Å². The fraction of sp³-hybridized carbons (Fsp3) is 0.222. The first-order valence-corrected chi connectivity index (χ1v) is 4.54. The van der Waals surface area contributed by atoms with E-state index in [0.717, 1.165) is 6.07 Å². The molecule has 0 aliphatic carbocycles. The van der Waals surface area contributed by atoms with E-state index in [1.54, 1.807) is 0 Å². The zero-order chi connectivity index (χ0) is 10.9. The molecule has 76 valence electrons. The van der Waals surface area contributed by atoms with Crippen LogP contribution in [0.4, 0.5) is 4.39 Å². The fourth-order valence-electron chi connectivity index (χ4n) is 1.05. The topological polar surface area (TPSA) is 37.3 Å². The van der Waals surface area contributed by atoms with Crippen molar-refractivity contribution in [2.75, 3.05) is 0 Å². The molecule has 0 fully saturated rings. The zero-order valence-corrected chi connectivity index (χ0v) is 8.79. The monoisotopic (exact) mass is 236 g/mol. The first-order chi connectivity index (χ1) is 6.43. The number of ketones is 1. The van der Waals surface area contributed by atoms with Gasteiger partial charge in [0.15, 0.2) is 0 Å². The van der Waals surface area contributed by atoms with Gasteiger partial charge in [0.05, 0.1) is 10.0 Å². The highest BCUT2D eigenvalue weighted by atomic mass is 35.5. The third-order valence-corrected chi connectivity index (χ3v) is 2.36. The van der Waals surface area contributed by atoms with Crippen molar-refractivity contribution >= 4 is 29.0 Å². The molecule has 1 aromatic carbocycles. The summed E-state index contributed by atoms with van der Waals surface area (Å²) in [5.74, 6) is -1.32. The zero-order valence-electron chi connectivity index (χ0n) is 7.27. The molecule has 0 atom stereocenters. The molecule has 5 heteroatoms. The number of halogens is 3. The van der Waals surface area contributed by atoms with Gasteiger partial charge in [0, 0.05) is 12.0 Å². The minimum atomic E-state index is -0.745. The van der Waals surface area contributed by atoms with Gasteiger partial charge in [0.1, 0.15) is 17.3 Å². The second-order valence-corrected chi connectivity index (χ2v) is 3.65. The second-order valence-electron chi connectivity index (χ2n) is 2.86. The van der Waals surface area contributed by atoms with Crippen LogP contribution in [0.5, 0.6) is 5.75 Å². The maximum absolute atomic E-state index is 13.0. The molecule has 0 spiro atoms. The average molecular weight is 237 g/mol. The molecule has 2 nitrogen and oxygen atoms in total. The van der Waals surface area contributed by atoms with Gasteiger partial charge in [-0.3, -0.25) is 4.79 Å². The lowest BCUT2D eigenvalue weighted by molar-refractivity contribution is -0.116. The molecule has 0 amide bonds. The molecule has 0 saturated carbocycles. The van der Waals surface area contributed by atoms with E-state index in [0.29, 0.717) is 0 Å². The molecule has 0 bridgehead atoms. The van der Waals surface area contributed by atoms with Crippen LogP contribution in [0.1, 0.15) is 12.5 Å². The molecule has 0 saturated heterocycles. The lowest BCUT2D eigenvalue weighted by Gasteiger charge is -2.07. The van der Waals surface area contributed by atoms with Crippen LogP contribution in [0.25, 0.3) is 0 Å². The van der Waals surface area contributed by atoms with E-state index in [9.17, 15) is 14.3 Å². The predicted molar refractivity (Wildman–Crippen MR) is 52.5 cm³/mol. The van der Waals surface area contributed by atoms with E-state index in [1.165, 1.54) is 6.92 Å². The highest BCUT2D eigenvalue weighted by Gasteiger charge is 2.16. The van der Waals surface area contributed by atoms with Gasteiger partial charge in [-0.1, -0.05) is 23.2 Å². The van der Waals surface area contributed by atoms with E-state index in [2.05, 4.69) is 0 Å². The first-order valence-electron chi connectivity index (χ1n) is 3.78. The van der Waals surface area contributed by atoms with Crippen LogP contribution >= 0.6 is 23.2 Å². The molecule has 14 heavy (non-hydrogen) atoms. The number of carbonyl (C=O) groups excluding carboxylic acids is 1. The van der Waals surface area contributed by atoms with Gasteiger partial charge in [-0.2, -0.15) is 0 Å². The van der Waals surface area contributed by atoms with Gasteiger partial charge in [0.2, 0.25) is 0 Å². The van der Waals surface area contributed by atoms with Crippen molar-refractivity contribution in [3.63, 3.8) is 0 Å². The Hall–Kier alpha value is -0.800. The Balaban J connectivity index is 3.31. The molecular weight excluding hydrogens is 230 g/mol. The largest absolute Gasteiger partial charge is 0.506 e. The summed E-state index contributed by atoms with van der Waals surface area (Å²) in [6.07, 6.45) is -0.137. The first kappa shape index (κ1) is 11.3. The Morgan fingerprint density at radius 2 is 2.14 bits per heavy atom. The predicted octanol–water partition coefficient (Wildman–Crippen LogP) is 2.97. The number of carbonyl (C=O) groups is 1. The van der Waals surface area contributed by atoms with Crippen LogP contribution in [0.15, 0.2) is 6.07 Å². The molecule has 0 radical (unpaired) electrons. The third kappa shape index (κ3) is 2.16. The summed E-state index contributed by atoms with van der Waals surface area (Å²) in [4.78, 5) is 10.8. The number of hydrogen-bond donors (Lipinski definition) is 1. The molecule has 1 N–H and O–H groups in total. The quantitative estimate of drug-likeness (QED) is 0.802. The van der Waals surface area contributed by atoms with Crippen LogP contribution in [-0.4, -0.2) is 10.9 Å². The highest BCUT2D eigenvalue weighted by Crippen LogP contribution is 2.35. The van der Waals surface area contributed by atoms with E-state index in [-0.39, 0.29) is 33.6 Å². The van der Waals surface area contributed by atoms with Crippen molar-refractivity contribution in [2.45, 2.75) is 13.3 Å². The van der Waals surface area contributed by atoms with E-state index < -0.39 is 5.82 Å². The number of Topliss-reactive ketones (excluding diaryl/α,β-unsaturated/α-hetero) is 1. The van der Waals surface area contributed by atoms with Crippen molar-refractivity contribution in [3.05, 3.63) is 27.5 Å². The third-order valence-electron chi connectivity index (χ3n) is 1.67. The van der Waals surface area contributed by atoms with Crippen molar-refractivity contribution in [2.24, 2.45) is 0 Å². The number of rotatable bonds is 2. The van der Waals surface area contributed by atoms with E-state index >= 15 is 0 Å². The Labute approximate surface area is 90.3 Å². The maximum atomic E-state index is 13.0. The number of aromatic hydroxyl groups is 1. The average Bonchev–Trinajstić information content (AvgIpc) is 2.09. The summed E-state index contributed by atoms with van der Waals surface area (Å²) < 4.78 is 13.0. The standard InChI is InChI=1S/C9H7Cl2FO2/c1-4(13)2-5-8(11)7(12)3-6(10)9(5)14/h3,14H,2H2,1H3. The summed E-state index contributed by atoms with van der Waals surface area (Å²) in [5, 5.41) is 9.00. The summed E-state index contributed by atoms with van der Waals surface area (Å²) in [5.41, 5.74) is 0.0316. The van der Waals surface area contributed by atoms with Crippen LogP contribution in [0.3, 0.4) is 0 Å². The van der Waals surface area contributed by atoms with Gasteiger partial charge >= 0.3 is 0 Å². The Morgan fingerprint density at radius 3 is 2.64 bits per heavy atom. The summed E-state index contributed by atoms with van der Waals surface area (Å²) in [6.45, 7) is 1.31. The Kier molecular flexibility index (Phi) is 3.34. The molecule has 1 aromatic rings. The minimum absolute atomic E-state index is 0.0316. The van der Waals surface area contributed by atoms with Crippen LogP contribution in [0, 0.1) is 5.82 Å². The number of benzene rings is 1. The summed E-state index contributed by atoms with van der Waals surface area (Å²) >= 11 is 11.1. The number of hydrogen-bond acceptors (Lipinski definition) is 2. The molecule has 0 unspecified atom stereocenters. The van der Waals surface area contributed by atoms with Crippen molar-refractivity contribution < 1.29 is 14.3 Å². The van der Waals surface area contributed by atoms with E-state index in [4.69, 9.17) is 23.2 Å². The van der Waals surface area contributed by atoms with E-state index in [1.807, 2.05) is 0 Å². The maximum Gasteiger partial charge on any atom is 0.143 e. The SMILES string of the molecule is CC(=O)Cc1c(O)c(Cl)cc(F)c1Cl. The fourth-order valence-corrected chi connectivity index (χ4v) is 1.47. The number of phenolic OH excluding ortho intramolecular Hbond substituents is 1. The smallest absolute Gasteiger partial charge is 0.143 e. The van der Waals surface area contributed by atoms with Crippen molar-refractivity contribution in [1.82, 2.24) is 0 Å². The van der Waals surface area contributed by atoms with Crippen molar-refractivity contribution in [1.29, 1.82) is 0 Å². The normalized spacial score (nSPS) is 10.3. The number of phenols is 1. The second kappa shape index (κ2) is 4.15. The molecule has 0 aliphatic rings. The van der Waals surface area contributed by atoms with Crippen molar-refractivity contribution in [3.8, 4) is 5.75 Å². The van der Waals surface area contributed by atoms with Crippen LogP contribution < -0.4 is 0 Å².